The average molecular weight is 562 g/mol. The van der Waals surface area contributed by atoms with Crippen LogP contribution in [0, 0.1) is 5.41 Å². The van der Waals surface area contributed by atoms with E-state index < -0.39 is 15.4 Å². The third-order valence-electron chi connectivity index (χ3n) is 7.11. The number of amides is 1. The summed E-state index contributed by atoms with van der Waals surface area (Å²) in [7, 11) is -1.59. The summed E-state index contributed by atoms with van der Waals surface area (Å²) < 4.78 is 28.0. The third-order valence-corrected chi connectivity index (χ3v) is 8.95. The molecule has 1 aliphatic heterocycles. The number of carbonyl (C=O) groups excluding carboxylic acids is 1. The van der Waals surface area contributed by atoms with E-state index >= 15 is 0 Å². The van der Waals surface area contributed by atoms with Gasteiger partial charge in [-0.3, -0.25) is 4.79 Å². The standard InChI is InChI=1S/C23H28BrN7O3S/c1-23(21(32)25-2)8-6-16(11-23)27-22-26-12-18-19(24)29-31(20(18)28-22)17-5-4-14-7-9-30(35(3,33)34)13-15(14)10-17/h4-5,10,12,16H,6-9,11,13H2,1-3H3,(H,25,32)(H,26,27,28)/t16-,23-/m1/s1. The molecule has 1 saturated carbocycles. The second-order valence-electron chi connectivity index (χ2n) is 9.66. The normalized spacial score (nSPS) is 22.8. The van der Waals surface area contributed by atoms with Gasteiger partial charge in [-0.2, -0.15) is 14.4 Å². The van der Waals surface area contributed by atoms with Crippen LogP contribution < -0.4 is 10.6 Å². The van der Waals surface area contributed by atoms with Crippen LogP contribution in [-0.4, -0.2) is 64.3 Å². The highest BCUT2D eigenvalue weighted by Crippen LogP contribution is 2.39. The molecule has 1 fully saturated rings. The molecule has 5 rings (SSSR count). The number of nitrogens with one attached hydrogen (secondary N) is 2. The number of nitrogens with zero attached hydrogens (tertiary/aromatic N) is 5. The number of carbonyl (C=O) groups is 1. The van der Waals surface area contributed by atoms with Crippen LogP contribution in [-0.2, 0) is 27.8 Å². The average Bonchev–Trinajstić information content (AvgIpc) is 3.37. The molecule has 3 heterocycles. The Labute approximate surface area is 212 Å². The molecule has 12 heteroatoms. The lowest BCUT2D eigenvalue weighted by molar-refractivity contribution is -0.129. The Morgan fingerprint density at radius 3 is 2.83 bits per heavy atom. The van der Waals surface area contributed by atoms with E-state index in [9.17, 15) is 13.2 Å². The molecule has 0 saturated heterocycles. The van der Waals surface area contributed by atoms with Crippen molar-refractivity contribution in [2.24, 2.45) is 5.41 Å². The van der Waals surface area contributed by atoms with Crippen molar-refractivity contribution in [3.05, 3.63) is 40.1 Å². The summed E-state index contributed by atoms with van der Waals surface area (Å²) in [6.07, 6.45) is 6.02. The Kier molecular flexibility index (Phi) is 6.09. The van der Waals surface area contributed by atoms with Gasteiger partial charge in [0.05, 0.1) is 17.3 Å². The lowest BCUT2D eigenvalue weighted by Gasteiger charge is -2.27. The van der Waals surface area contributed by atoms with E-state index in [4.69, 9.17) is 4.98 Å². The van der Waals surface area contributed by atoms with Crippen molar-refractivity contribution in [1.82, 2.24) is 29.4 Å². The summed E-state index contributed by atoms with van der Waals surface area (Å²) in [4.78, 5) is 21.5. The summed E-state index contributed by atoms with van der Waals surface area (Å²) in [5.41, 5.74) is 3.14. The van der Waals surface area contributed by atoms with Crippen molar-refractivity contribution in [2.75, 3.05) is 25.2 Å². The van der Waals surface area contributed by atoms with Gasteiger partial charge in [-0.1, -0.05) is 13.0 Å². The van der Waals surface area contributed by atoms with Crippen LogP contribution in [0.3, 0.4) is 0 Å². The summed E-state index contributed by atoms with van der Waals surface area (Å²) >= 11 is 3.51. The molecule has 0 unspecified atom stereocenters. The van der Waals surface area contributed by atoms with E-state index in [0.717, 1.165) is 35.0 Å². The number of anilines is 1. The van der Waals surface area contributed by atoms with Gasteiger partial charge < -0.3 is 10.6 Å². The number of rotatable bonds is 5. The fourth-order valence-electron chi connectivity index (χ4n) is 5.11. The van der Waals surface area contributed by atoms with Crippen LogP contribution in [0.25, 0.3) is 16.7 Å². The molecule has 1 aliphatic carbocycles. The molecule has 0 spiro atoms. The Bertz CT molecular complexity index is 1420. The first-order chi connectivity index (χ1) is 16.6. The van der Waals surface area contributed by atoms with Crippen molar-refractivity contribution >= 4 is 48.8 Å². The van der Waals surface area contributed by atoms with Crippen molar-refractivity contribution in [3.63, 3.8) is 0 Å². The monoisotopic (exact) mass is 561 g/mol. The number of aromatic nitrogens is 4. The van der Waals surface area contributed by atoms with E-state index in [2.05, 4.69) is 36.6 Å². The zero-order chi connectivity index (χ0) is 25.0. The first-order valence-electron chi connectivity index (χ1n) is 11.5. The molecule has 3 aromatic rings. The molecule has 0 bridgehead atoms. The number of sulfonamides is 1. The number of benzene rings is 1. The minimum atomic E-state index is -3.26. The zero-order valence-electron chi connectivity index (χ0n) is 19.9. The van der Waals surface area contributed by atoms with E-state index in [1.165, 1.54) is 10.6 Å². The maximum absolute atomic E-state index is 12.3. The number of halogens is 1. The molecule has 10 nitrogen and oxygen atoms in total. The van der Waals surface area contributed by atoms with Gasteiger partial charge in [-0.15, -0.1) is 0 Å². The summed E-state index contributed by atoms with van der Waals surface area (Å²) in [6, 6.07) is 6.09. The van der Waals surface area contributed by atoms with Gasteiger partial charge in [0.1, 0.15) is 4.60 Å². The van der Waals surface area contributed by atoms with Crippen LogP contribution >= 0.6 is 15.9 Å². The molecule has 35 heavy (non-hydrogen) atoms. The Morgan fingerprint density at radius 2 is 2.09 bits per heavy atom. The van der Waals surface area contributed by atoms with Gasteiger partial charge in [0, 0.05) is 37.8 Å². The molecule has 0 radical (unpaired) electrons. The maximum Gasteiger partial charge on any atom is 0.225 e. The van der Waals surface area contributed by atoms with Crippen LogP contribution in [0.4, 0.5) is 5.95 Å². The van der Waals surface area contributed by atoms with Gasteiger partial charge in [0.15, 0.2) is 5.65 Å². The van der Waals surface area contributed by atoms with Gasteiger partial charge in [-0.05, 0) is 64.9 Å². The highest BCUT2D eigenvalue weighted by Gasteiger charge is 2.41. The lowest BCUT2D eigenvalue weighted by atomic mass is 9.87. The number of fused-ring (bicyclic) bond motifs is 2. The molecule has 2 atom stereocenters. The second-order valence-corrected chi connectivity index (χ2v) is 12.4. The molecular formula is C23H28BrN7O3S. The molecule has 1 aromatic carbocycles. The fraction of sp³-hybridized carbons (Fsp3) is 0.478. The molecular weight excluding hydrogens is 534 g/mol. The highest BCUT2D eigenvalue weighted by molar-refractivity contribution is 9.10. The Morgan fingerprint density at radius 1 is 1.29 bits per heavy atom. The van der Waals surface area contributed by atoms with Crippen molar-refractivity contribution in [2.45, 2.75) is 45.2 Å². The van der Waals surface area contributed by atoms with E-state index in [1.54, 1.807) is 17.9 Å². The third kappa shape index (κ3) is 4.54. The van der Waals surface area contributed by atoms with Gasteiger partial charge in [0.25, 0.3) is 0 Å². The fourth-order valence-corrected chi connectivity index (χ4v) is 6.34. The first kappa shape index (κ1) is 24.1. The molecule has 2 N–H and O–H groups in total. The topological polar surface area (TPSA) is 122 Å². The second kappa shape index (κ2) is 8.82. The lowest BCUT2D eigenvalue weighted by Crippen LogP contribution is -2.35. The van der Waals surface area contributed by atoms with Crippen LogP contribution in [0.15, 0.2) is 29.0 Å². The van der Waals surface area contributed by atoms with Crippen LogP contribution in [0.2, 0.25) is 0 Å². The number of hydrogen-bond donors (Lipinski definition) is 2. The molecule has 1 amide bonds. The molecule has 2 aromatic heterocycles. The van der Waals surface area contributed by atoms with E-state index in [-0.39, 0.29) is 11.9 Å². The maximum atomic E-state index is 12.3. The van der Waals surface area contributed by atoms with Gasteiger partial charge in [0.2, 0.25) is 21.9 Å². The van der Waals surface area contributed by atoms with Crippen molar-refractivity contribution < 1.29 is 13.2 Å². The van der Waals surface area contributed by atoms with Crippen LogP contribution in [0.5, 0.6) is 0 Å². The molecule has 2 aliphatic rings. The minimum Gasteiger partial charge on any atom is -0.359 e. The smallest absolute Gasteiger partial charge is 0.225 e. The Hall–Kier alpha value is -2.57. The summed E-state index contributed by atoms with van der Waals surface area (Å²) in [6.45, 7) is 2.82. The van der Waals surface area contributed by atoms with Gasteiger partial charge >= 0.3 is 0 Å². The van der Waals surface area contributed by atoms with Crippen molar-refractivity contribution in [1.29, 1.82) is 0 Å². The van der Waals surface area contributed by atoms with E-state index in [1.807, 2.05) is 25.1 Å². The zero-order valence-corrected chi connectivity index (χ0v) is 22.3. The Balaban J connectivity index is 1.44. The largest absolute Gasteiger partial charge is 0.359 e. The predicted octanol–water partition coefficient (Wildman–Crippen LogP) is 2.61. The van der Waals surface area contributed by atoms with E-state index in [0.29, 0.717) is 42.1 Å². The van der Waals surface area contributed by atoms with Crippen LogP contribution in [0.1, 0.15) is 37.3 Å². The minimum absolute atomic E-state index is 0.0574. The number of hydrogen-bond acceptors (Lipinski definition) is 7. The molecule has 186 valence electrons. The highest BCUT2D eigenvalue weighted by atomic mass is 79.9. The summed E-state index contributed by atoms with van der Waals surface area (Å²) in [5.74, 6) is 0.542. The SMILES string of the molecule is CNC(=O)[C@]1(C)CC[C@@H](Nc2ncc3c(Br)nn(-c4ccc5c(c4)CN(S(C)(=O)=O)CC5)c3n2)C1. The van der Waals surface area contributed by atoms with Crippen molar-refractivity contribution in [3.8, 4) is 5.69 Å². The summed E-state index contributed by atoms with van der Waals surface area (Å²) in [5, 5.41) is 11.6. The predicted molar refractivity (Wildman–Crippen MR) is 137 cm³/mol. The van der Waals surface area contributed by atoms with Gasteiger partial charge in [-0.25, -0.2) is 18.1 Å². The quantitative estimate of drug-likeness (QED) is 0.490. The first-order valence-corrected chi connectivity index (χ1v) is 14.2.